The number of aromatic amines is 1. The second-order valence-electron chi connectivity index (χ2n) is 3.31. The number of nitrogens with zero attached hydrogens (tertiary/aromatic N) is 4. The van der Waals surface area contributed by atoms with Gasteiger partial charge in [-0.15, -0.1) is 0 Å². The maximum absolute atomic E-state index is 5.19. The lowest BCUT2D eigenvalue weighted by atomic mass is 10.2. The summed E-state index contributed by atoms with van der Waals surface area (Å²) in [4.78, 5) is 12.5. The average Bonchev–Trinajstić information content (AvgIpc) is 2.89. The minimum Gasteiger partial charge on any atom is -0.480 e. The number of hydrogen-bond acceptors (Lipinski definition) is 6. The number of ether oxygens (including phenoxy) is 1. The summed E-state index contributed by atoms with van der Waals surface area (Å²) in [5, 5.41) is 9.93. The van der Waals surface area contributed by atoms with Crippen molar-refractivity contribution in [2.24, 2.45) is 0 Å². The molecule has 1 unspecified atom stereocenters. The van der Waals surface area contributed by atoms with Crippen molar-refractivity contribution in [2.75, 3.05) is 13.7 Å². The zero-order chi connectivity index (χ0) is 12.1. The molecule has 2 aromatic rings. The van der Waals surface area contributed by atoms with Crippen molar-refractivity contribution in [3.8, 4) is 5.88 Å². The second-order valence-corrected chi connectivity index (χ2v) is 3.31. The third kappa shape index (κ3) is 2.39. The molecule has 0 saturated carbocycles. The van der Waals surface area contributed by atoms with Crippen molar-refractivity contribution in [1.82, 2.24) is 30.5 Å². The summed E-state index contributed by atoms with van der Waals surface area (Å²) in [6.07, 6.45) is 4.67. The molecule has 17 heavy (non-hydrogen) atoms. The van der Waals surface area contributed by atoms with Gasteiger partial charge in [-0.25, -0.2) is 9.97 Å². The van der Waals surface area contributed by atoms with Gasteiger partial charge >= 0.3 is 0 Å². The molecule has 0 saturated heterocycles. The van der Waals surface area contributed by atoms with E-state index in [4.69, 9.17) is 4.74 Å². The summed E-state index contributed by atoms with van der Waals surface area (Å²) >= 11 is 0. The molecule has 90 valence electrons. The van der Waals surface area contributed by atoms with Crippen LogP contribution in [0.4, 0.5) is 0 Å². The van der Waals surface area contributed by atoms with Crippen molar-refractivity contribution >= 4 is 0 Å². The van der Waals surface area contributed by atoms with E-state index in [0.29, 0.717) is 17.4 Å². The molecule has 0 aliphatic heterocycles. The van der Waals surface area contributed by atoms with E-state index in [1.165, 1.54) is 6.33 Å². The van der Waals surface area contributed by atoms with Crippen LogP contribution < -0.4 is 10.1 Å². The van der Waals surface area contributed by atoms with Gasteiger partial charge in [-0.05, 0) is 6.54 Å². The largest absolute Gasteiger partial charge is 0.480 e. The third-order valence-corrected chi connectivity index (χ3v) is 2.27. The molecule has 0 fully saturated rings. The Balaban J connectivity index is 2.39. The van der Waals surface area contributed by atoms with Crippen LogP contribution in [-0.4, -0.2) is 38.8 Å². The van der Waals surface area contributed by atoms with Gasteiger partial charge in [0, 0.05) is 12.4 Å². The predicted octanol–water partition coefficient (Wildman–Crippen LogP) is 0.302. The van der Waals surface area contributed by atoms with Crippen LogP contribution >= 0.6 is 0 Å². The molecule has 0 radical (unpaired) electrons. The summed E-state index contributed by atoms with van der Waals surface area (Å²) in [5.74, 6) is 1.17. The molecule has 1 atom stereocenters. The van der Waals surface area contributed by atoms with E-state index < -0.39 is 0 Å². The number of hydrogen-bond donors (Lipinski definition) is 2. The zero-order valence-corrected chi connectivity index (χ0v) is 9.71. The number of nitrogens with one attached hydrogen (secondary N) is 2. The Bertz CT molecular complexity index is 458. The fraction of sp³-hybridized carbons (Fsp3) is 0.400. The Morgan fingerprint density at radius 1 is 1.35 bits per heavy atom. The van der Waals surface area contributed by atoms with E-state index in [9.17, 15) is 0 Å². The summed E-state index contributed by atoms with van der Waals surface area (Å²) in [6.45, 7) is 2.78. The summed E-state index contributed by atoms with van der Waals surface area (Å²) in [6, 6.07) is -0.203. The molecule has 0 aliphatic carbocycles. The third-order valence-electron chi connectivity index (χ3n) is 2.27. The molecular weight excluding hydrogens is 220 g/mol. The maximum atomic E-state index is 5.19. The first-order valence-electron chi connectivity index (χ1n) is 5.30. The number of methoxy groups -OCH3 is 1. The number of H-pyrrole nitrogens is 1. The zero-order valence-electron chi connectivity index (χ0n) is 9.71. The molecule has 2 rings (SSSR count). The SMILES string of the molecule is CCNC(c1ncn[nH]1)c1nccnc1OC. The highest BCUT2D eigenvalue weighted by Crippen LogP contribution is 2.23. The van der Waals surface area contributed by atoms with Crippen LogP contribution in [0.3, 0.4) is 0 Å². The van der Waals surface area contributed by atoms with Crippen molar-refractivity contribution < 1.29 is 4.74 Å². The minimum atomic E-state index is -0.203. The van der Waals surface area contributed by atoms with E-state index in [2.05, 4.69) is 30.5 Å². The molecule has 2 aromatic heterocycles. The van der Waals surface area contributed by atoms with Gasteiger partial charge < -0.3 is 10.1 Å². The van der Waals surface area contributed by atoms with Gasteiger partial charge in [0.15, 0.2) is 0 Å². The van der Waals surface area contributed by atoms with Gasteiger partial charge in [0.1, 0.15) is 23.9 Å². The van der Waals surface area contributed by atoms with Gasteiger partial charge in [0.25, 0.3) is 0 Å². The molecule has 7 nitrogen and oxygen atoms in total. The minimum absolute atomic E-state index is 0.203. The highest BCUT2D eigenvalue weighted by Gasteiger charge is 2.21. The lowest BCUT2D eigenvalue weighted by Gasteiger charge is -2.16. The van der Waals surface area contributed by atoms with E-state index >= 15 is 0 Å². The van der Waals surface area contributed by atoms with Crippen LogP contribution in [0.5, 0.6) is 5.88 Å². The Kier molecular flexibility index (Phi) is 3.61. The van der Waals surface area contributed by atoms with Crippen LogP contribution in [-0.2, 0) is 0 Å². The van der Waals surface area contributed by atoms with Gasteiger partial charge in [-0.2, -0.15) is 5.10 Å². The molecular formula is C10H14N6O. The smallest absolute Gasteiger partial charge is 0.237 e. The fourth-order valence-corrected chi connectivity index (χ4v) is 1.57. The first-order valence-corrected chi connectivity index (χ1v) is 5.30. The number of rotatable bonds is 5. The number of aromatic nitrogens is 5. The second kappa shape index (κ2) is 5.35. The lowest BCUT2D eigenvalue weighted by molar-refractivity contribution is 0.381. The lowest BCUT2D eigenvalue weighted by Crippen LogP contribution is -2.25. The van der Waals surface area contributed by atoms with E-state index in [-0.39, 0.29) is 6.04 Å². The summed E-state index contributed by atoms with van der Waals surface area (Å²) in [5.41, 5.74) is 0.689. The Labute approximate surface area is 98.7 Å². The molecule has 0 bridgehead atoms. The Hall–Kier alpha value is -2.02. The normalized spacial score (nSPS) is 12.4. The van der Waals surface area contributed by atoms with Crippen molar-refractivity contribution in [3.05, 3.63) is 30.2 Å². The van der Waals surface area contributed by atoms with Crippen molar-refractivity contribution in [2.45, 2.75) is 13.0 Å². The monoisotopic (exact) mass is 234 g/mol. The Morgan fingerprint density at radius 3 is 2.82 bits per heavy atom. The van der Waals surface area contributed by atoms with Crippen molar-refractivity contribution in [1.29, 1.82) is 0 Å². The van der Waals surface area contributed by atoms with E-state index in [0.717, 1.165) is 6.54 Å². The highest BCUT2D eigenvalue weighted by molar-refractivity contribution is 5.26. The predicted molar refractivity (Wildman–Crippen MR) is 60.5 cm³/mol. The van der Waals surface area contributed by atoms with Crippen LogP contribution in [0.2, 0.25) is 0 Å². The summed E-state index contributed by atoms with van der Waals surface area (Å²) < 4.78 is 5.19. The first-order chi connectivity index (χ1) is 8.36. The maximum Gasteiger partial charge on any atom is 0.237 e. The van der Waals surface area contributed by atoms with Crippen LogP contribution in [0, 0.1) is 0 Å². The quantitative estimate of drug-likeness (QED) is 0.773. The van der Waals surface area contributed by atoms with E-state index in [1.54, 1.807) is 19.5 Å². The van der Waals surface area contributed by atoms with E-state index in [1.807, 2.05) is 6.92 Å². The van der Waals surface area contributed by atoms with Crippen molar-refractivity contribution in [3.63, 3.8) is 0 Å². The summed E-state index contributed by atoms with van der Waals surface area (Å²) in [7, 11) is 1.57. The van der Waals surface area contributed by atoms with Gasteiger partial charge in [-0.3, -0.25) is 10.1 Å². The molecule has 7 heteroatoms. The fourth-order valence-electron chi connectivity index (χ4n) is 1.57. The Morgan fingerprint density at radius 2 is 2.18 bits per heavy atom. The van der Waals surface area contributed by atoms with Gasteiger partial charge in [0.05, 0.1) is 7.11 Å². The standard InChI is InChI=1S/C10H14N6O/c1-3-11-7(9-14-6-15-16-9)8-10(17-2)13-5-4-12-8/h4-7,11H,3H2,1-2H3,(H,14,15,16). The first kappa shape index (κ1) is 11.5. The molecule has 2 heterocycles. The van der Waals surface area contributed by atoms with Crippen LogP contribution in [0.15, 0.2) is 18.7 Å². The molecule has 2 N–H and O–H groups in total. The molecule has 0 amide bonds. The van der Waals surface area contributed by atoms with Crippen LogP contribution in [0.25, 0.3) is 0 Å². The average molecular weight is 234 g/mol. The molecule has 0 aliphatic rings. The van der Waals surface area contributed by atoms with Gasteiger partial charge in [0.2, 0.25) is 5.88 Å². The van der Waals surface area contributed by atoms with Gasteiger partial charge in [-0.1, -0.05) is 6.92 Å². The van der Waals surface area contributed by atoms with Crippen LogP contribution in [0.1, 0.15) is 24.5 Å². The highest BCUT2D eigenvalue weighted by atomic mass is 16.5. The molecule has 0 spiro atoms. The molecule has 0 aromatic carbocycles. The topological polar surface area (TPSA) is 88.6 Å².